The Morgan fingerprint density at radius 3 is 2.32 bits per heavy atom. The molecule has 0 spiro atoms. The summed E-state index contributed by atoms with van der Waals surface area (Å²) >= 11 is 0. The molecule has 1 aromatic heterocycles. The first-order chi connectivity index (χ1) is 14.6. The molecule has 0 bridgehead atoms. The van der Waals surface area contributed by atoms with E-state index < -0.39 is 5.91 Å². The third-order valence-electron chi connectivity index (χ3n) is 5.66. The van der Waals surface area contributed by atoms with Crippen LogP contribution in [0.5, 0.6) is 0 Å². The molecule has 0 radical (unpaired) electrons. The molecule has 5 heteroatoms. The quantitative estimate of drug-likeness (QED) is 0.629. The number of hydrogen-bond acceptors (Lipinski definition) is 4. The standard InChI is InChI=1S/C26H32N2O3/c1-7-17-8-13-23-20(14-17)22(29)15-24(31-23)25(30)27-16-21(28(5)6)18-9-11-19(12-10-18)26(2,3)4/h8-15,21H,7,16H2,1-6H3,(H,27,30). The highest BCUT2D eigenvalue weighted by Crippen LogP contribution is 2.25. The van der Waals surface area contributed by atoms with E-state index in [0.29, 0.717) is 17.5 Å². The van der Waals surface area contributed by atoms with Crippen molar-refractivity contribution < 1.29 is 9.21 Å². The minimum Gasteiger partial charge on any atom is -0.451 e. The summed E-state index contributed by atoms with van der Waals surface area (Å²) in [5.74, 6) is -0.362. The number of benzene rings is 2. The summed E-state index contributed by atoms with van der Waals surface area (Å²) in [6, 6.07) is 15.3. The number of carbonyl (C=O) groups is 1. The van der Waals surface area contributed by atoms with Gasteiger partial charge in [-0.15, -0.1) is 0 Å². The first-order valence-electron chi connectivity index (χ1n) is 10.7. The van der Waals surface area contributed by atoms with Crippen molar-refractivity contribution in [3.05, 3.63) is 81.2 Å². The summed E-state index contributed by atoms with van der Waals surface area (Å²) in [5, 5.41) is 3.43. The van der Waals surface area contributed by atoms with Gasteiger partial charge in [-0.05, 0) is 54.8 Å². The van der Waals surface area contributed by atoms with Gasteiger partial charge in [0.05, 0.1) is 11.4 Å². The Labute approximate surface area is 184 Å². The molecule has 164 valence electrons. The number of carbonyl (C=O) groups excluding carboxylic acids is 1. The zero-order chi connectivity index (χ0) is 22.8. The van der Waals surface area contributed by atoms with Gasteiger partial charge in [0.1, 0.15) is 5.58 Å². The summed E-state index contributed by atoms with van der Waals surface area (Å²) in [4.78, 5) is 27.3. The molecule has 1 amide bonds. The number of aryl methyl sites for hydroxylation is 1. The SMILES string of the molecule is CCc1ccc2oc(C(=O)NCC(c3ccc(C(C)(C)C)cc3)N(C)C)cc(=O)c2c1. The molecule has 0 aliphatic carbocycles. The Balaban J connectivity index is 1.78. The van der Waals surface area contributed by atoms with Gasteiger partial charge in [-0.2, -0.15) is 0 Å². The van der Waals surface area contributed by atoms with E-state index in [-0.39, 0.29) is 22.6 Å². The molecule has 0 fully saturated rings. The zero-order valence-electron chi connectivity index (χ0n) is 19.3. The van der Waals surface area contributed by atoms with Gasteiger partial charge in [-0.3, -0.25) is 9.59 Å². The second-order valence-corrected chi connectivity index (χ2v) is 9.22. The molecule has 0 aliphatic rings. The van der Waals surface area contributed by atoms with Crippen molar-refractivity contribution in [2.45, 2.75) is 45.6 Å². The monoisotopic (exact) mass is 420 g/mol. The average molecular weight is 421 g/mol. The molecule has 3 aromatic rings. The molecule has 3 rings (SSSR count). The molecule has 1 heterocycles. The van der Waals surface area contributed by atoms with Crippen LogP contribution in [0.3, 0.4) is 0 Å². The lowest BCUT2D eigenvalue weighted by atomic mass is 9.86. The lowest BCUT2D eigenvalue weighted by molar-refractivity contribution is 0.0914. The minimum atomic E-state index is -0.392. The second kappa shape index (κ2) is 9.06. The van der Waals surface area contributed by atoms with E-state index in [1.165, 1.54) is 11.6 Å². The van der Waals surface area contributed by atoms with E-state index in [0.717, 1.165) is 17.5 Å². The van der Waals surface area contributed by atoms with Crippen LogP contribution in [0.4, 0.5) is 0 Å². The van der Waals surface area contributed by atoms with Crippen LogP contribution in [0.1, 0.15) is 61.0 Å². The molecule has 1 unspecified atom stereocenters. The van der Waals surface area contributed by atoms with Gasteiger partial charge in [0.2, 0.25) is 0 Å². The zero-order valence-corrected chi connectivity index (χ0v) is 19.3. The summed E-state index contributed by atoms with van der Waals surface area (Å²) in [5.41, 5.74) is 3.75. The third-order valence-corrected chi connectivity index (χ3v) is 5.66. The van der Waals surface area contributed by atoms with E-state index >= 15 is 0 Å². The predicted octanol–water partition coefficient (Wildman–Crippen LogP) is 4.69. The Kier molecular flexibility index (Phi) is 6.65. The van der Waals surface area contributed by atoms with Crippen molar-refractivity contribution in [2.24, 2.45) is 0 Å². The molecule has 1 N–H and O–H groups in total. The molecule has 0 aliphatic heterocycles. The maximum Gasteiger partial charge on any atom is 0.287 e. The fourth-order valence-corrected chi connectivity index (χ4v) is 3.62. The second-order valence-electron chi connectivity index (χ2n) is 9.22. The van der Waals surface area contributed by atoms with E-state index in [4.69, 9.17) is 4.42 Å². The Hall–Kier alpha value is -2.92. The number of rotatable bonds is 6. The summed E-state index contributed by atoms with van der Waals surface area (Å²) < 4.78 is 5.73. The fourth-order valence-electron chi connectivity index (χ4n) is 3.62. The maximum atomic E-state index is 12.7. The summed E-state index contributed by atoms with van der Waals surface area (Å²) in [6.07, 6.45) is 0.834. The van der Waals surface area contributed by atoms with Crippen molar-refractivity contribution in [1.82, 2.24) is 10.2 Å². The van der Waals surface area contributed by atoms with Crippen LogP contribution in [0, 0.1) is 0 Å². The van der Waals surface area contributed by atoms with Crippen LogP contribution in [0.25, 0.3) is 11.0 Å². The van der Waals surface area contributed by atoms with Crippen LogP contribution >= 0.6 is 0 Å². The molecular formula is C26H32N2O3. The average Bonchev–Trinajstić information content (AvgIpc) is 2.73. The van der Waals surface area contributed by atoms with Crippen LogP contribution in [0.15, 0.2) is 57.7 Å². The van der Waals surface area contributed by atoms with Gasteiger partial charge < -0.3 is 14.6 Å². The first kappa shape index (κ1) is 22.8. The molecule has 0 saturated heterocycles. The normalized spacial score (nSPS) is 12.9. The van der Waals surface area contributed by atoms with Crippen molar-refractivity contribution in [3.8, 4) is 0 Å². The molecule has 31 heavy (non-hydrogen) atoms. The molecule has 1 atom stereocenters. The van der Waals surface area contributed by atoms with Crippen molar-refractivity contribution in [1.29, 1.82) is 0 Å². The van der Waals surface area contributed by atoms with Crippen molar-refractivity contribution in [3.63, 3.8) is 0 Å². The van der Waals surface area contributed by atoms with Crippen molar-refractivity contribution in [2.75, 3.05) is 20.6 Å². The maximum absolute atomic E-state index is 12.7. The van der Waals surface area contributed by atoms with Crippen LogP contribution < -0.4 is 10.7 Å². The predicted molar refractivity (Wildman–Crippen MR) is 126 cm³/mol. The van der Waals surface area contributed by atoms with Crippen LogP contribution in [-0.2, 0) is 11.8 Å². The molecule has 0 saturated carbocycles. The fraction of sp³-hybridized carbons (Fsp3) is 0.385. The lowest BCUT2D eigenvalue weighted by Gasteiger charge is -2.26. The third kappa shape index (κ3) is 5.23. The highest BCUT2D eigenvalue weighted by molar-refractivity contribution is 5.93. The van der Waals surface area contributed by atoms with Gasteiger partial charge in [0, 0.05) is 12.6 Å². The van der Waals surface area contributed by atoms with Gasteiger partial charge in [0.15, 0.2) is 11.2 Å². The molecule has 2 aromatic carbocycles. The largest absolute Gasteiger partial charge is 0.451 e. The Morgan fingerprint density at radius 1 is 1.06 bits per heavy atom. The van der Waals surface area contributed by atoms with E-state index in [2.05, 4.69) is 55.3 Å². The topological polar surface area (TPSA) is 62.6 Å². The van der Waals surface area contributed by atoms with Gasteiger partial charge >= 0.3 is 0 Å². The van der Waals surface area contributed by atoms with Gasteiger partial charge in [-0.25, -0.2) is 0 Å². The van der Waals surface area contributed by atoms with Gasteiger partial charge in [0.25, 0.3) is 5.91 Å². The number of amides is 1. The smallest absolute Gasteiger partial charge is 0.287 e. The van der Waals surface area contributed by atoms with Crippen LogP contribution in [0.2, 0.25) is 0 Å². The number of hydrogen-bond donors (Lipinski definition) is 1. The highest BCUT2D eigenvalue weighted by atomic mass is 16.3. The van der Waals surface area contributed by atoms with E-state index in [1.807, 2.05) is 33.2 Å². The van der Waals surface area contributed by atoms with Crippen molar-refractivity contribution >= 4 is 16.9 Å². The first-order valence-corrected chi connectivity index (χ1v) is 10.7. The summed E-state index contributed by atoms with van der Waals surface area (Å²) in [7, 11) is 3.96. The van der Waals surface area contributed by atoms with E-state index in [1.54, 1.807) is 6.07 Å². The molecule has 5 nitrogen and oxygen atoms in total. The Morgan fingerprint density at radius 2 is 1.74 bits per heavy atom. The lowest BCUT2D eigenvalue weighted by Crippen LogP contribution is -2.34. The van der Waals surface area contributed by atoms with Crippen LogP contribution in [-0.4, -0.2) is 31.4 Å². The number of nitrogens with one attached hydrogen (secondary N) is 1. The molecular weight excluding hydrogens is 388 g/mol. The minimum absolute atomic E-state index is 0.00254. The number of nitrogens with zero attached hydrogens (tertiary/aromatic N) is 1. The highest BCUT2D eigenvalue weighted by Gasteiger charge is 2.19. The number of fused-ring (bicyclic) bond motifs is 1. The Bertz CT molecular complexity index is 1120. The number of likely N-dealkylation sites (N-methyl/N-ethyl adjacent to an activating group) is 1. The summed E-state index contributed by atoms with van der Waals surface area (Å²) in [6.45, 7) is 8.99. The van der Waals surface area contributed by atoms with Gasteiger partial charge in [-0.1, -0.05) is 58.0 Å². The van der Waals surface area contributed by atoms with E-state index in [9.17, 15) is 9.59 Å².